The molecule has 3 aliphatic carbocycles. The first-order valence-corrected chi connectivity index (χ1v) is 9.10. The van der Waals surface area contributed by atoms with E-state index < -0.39 is 0 Å². The van der Waals surface area contributed by atoms with Crippen molar-refractivity contribution in [2.75, 3.05) is 6.54 Å². The molecular weight excluding hydrogens is 230 g/mol. The van der Waals surface area contributed by atoms with Crippen molar-refractivity contribution in [2.24, 2.45) is 29.6 Å². The molecule has 1 nitrogen and oxygen atoms in total. The molecular formula is C18H33N. The molecule has 0 saturated heterocycles. The van der Waals surface area contributed by atoms with Gasteiger partial charge in [0.2, 0.25) is 0 Å². The first kappa shape index (κ1) is 13.9. The molecule has 0 amide bonds. The number of hydrogen-bond acceptors (Lipinski definition) is 1. The summed E-state index contributed by atoms with van der Waals surface area (Å²) in [5.41, 5.74) is 0. The van der Waals surface area contributed by atoms with Gasteiger partial charge in [-0.3, -0.25) is 0 Å². The molecule has 0 aromatic carbocycles. The summed E-state index contributed by atoms with van der Waals surface area (Å²) in [5.74, 6) is 5.32. The topological polar surface area (TPSA) is 12.0 Å². The first-order valence-electron chi connectivity index (χ1n) is 9.10. The fourth-order valence-corrected chi connectivity index (χ4v) is 5.51. The maximum absolute atomic E-state index is 3.99. The van der Waals surface area contributed by atoms with Gasteiger partial charge in [-0.25, -0.2) is 0 Å². The Bertz CT molecular complexity index is 277. The van der Waals surface area contributed by atoms with E-state index in [1.165, 1.54) is 51.5 Å². The van der Waals surface area contributed by atoms with Gasteiger partial charge in [0, 0.05) is 6.04 Å². The van der Waals surface area contributed by atoms with Gasteiger partial charge >= 0.3 is 0 Å². The Hall–Kier alpha value is -0.0400. The molecule has 0 aromatic heterocycles. The Labute approximate surface area is 119 Å². The average molecular weight is 263 g/mol. The van der Waals surface area contributed by atoms with Crippen LogP contribution in [-0.2, 0) is 0 Å². The third kappa shape index (κ3) is 2.73. The van der Waals surface area contributed by atoms with Gasteiger partial charge in [0.15, 0.2) is 0 Å². The van der Waals surface area contributed by atoms with Crippen molar-refractivity contribution in [1.29, 1.82) is 0 Å². The van der Waals surface area contributed by atoms with Crippen LogP contribution in [0.15, 0.2) is 0 Å². The van der Waals surface area contributed by atoms with Crippen molar-refractivity contribution in [3.05, 3.63) is 0 Å². The second-order valence-electron chi connectivity index (χ2n) is 7.43. The lowest BCUT2D eigenvalue weighted by Crippen LogP contribution is -2.44. The predicted molar refractivity (Wildman–Crippen MR) is 82.1 cm³/mol. The summed E-state index contributed by atoms with van der Waals surface area (Å²) < 4.78 is 0. The van der Waals surface area contributed by atoms with Gasteiger partial charge in [-0.15, -0.1) is 0 Å². The number of fused-ring (bicyclic) bond motifs is 1. The zero-order chi connectivity index (χ0) is 13.2. The minimum Gasteiger partial charge on any atom is -0.313 e. The van der Waals surface area contributed by atoms with Gasteiger partial charge < -0.3 is 5.32 Å². The molecule has 0 aromatic rings. The highest BCUT2D eigenvalue weighted by Gasteiger charge is 2.57. The third-order valence-corrected chi connectivity index (χ3v) is 6.47. The molecule has 19 heavy (non-hydrogen) atoms. The highest BCUT2D eigenvalue weighted by molar-refractivity contribution is 5.08. The lowest BCUT2D eigenvalue weighted by Gasteiger charge is -2.38. The number of hydrogen-bond donors (Lipinski definition) is 1. The summed E-state index contributed by atoms with van der Waals surface area (Å²) in [6.07, 6.45) is 13.3. The van der Waals surface area contributed by atoms with Crippen molar-refractivity contribution in [2.45, 2.75) is 77.7 Å². The van der Waals surface area contributed by atoms with Crippen LogP contribution in [0.3, 0.4) is 0 Å². The maximum atomic E-state index is 3.99. The van der Waals surface area contributed by atoms with Crippen LogP contribution < -0.4 is 5.32 Å². The Morgan fingerprint density at radius 1 is 0.947 bits per heavy atom. The predicted octanol–water partition coefficient (Wildman–Crippen LogP) is 4.62. The molecule has 3 aliphatic rings. The van der Waals surface area contributed by atoms with Crippen LogP contribution in [-0.4, -0.2) is 12.6 Å². The van der Waals surface area contributed by atoms with Crippen LogP contribution >= 0.6 is 0 Å². The average Bonchev–Trinajstić information content (AvgIpc) is 2.92. The number of rotatable bonds is 6. The van der Waals surface area contributed by atoms with Gasteiger partial charge in [-0.2, -0.15) is 0 Å². The van der Waals surface area contributed by atoms with Crippen LogP contribution in [0.4, 0.5) is 0 Å². The zero-order valence-corrected chi connectivity index (χ0v) is 13.0. The lowest BCUT2D eigenvalue weighted by atomic mass is 9.72. The Kier molecular flexibility index (Phi) is 4.51. The third-order valence-electron chi connectivity index (χ3n) is 6.47. The molecule has 0 heterocycles. The molecule has 3 fully saturated rings. The Balaban J connectivity index is 1.67. The first-order chi connectivity index (χ1) is 9.36. The van der Waals surface area contributed by atoms with Crippen LogP contribution in [0.5, 0.6) is 0 Å². The molecule has 0 radical (unpaired) electrons. The lowest BCUT2D eigenvalue weighted by molar-refractivity contribution is 0.153. The molecule has 5 atom stereocenters. The molecule has 0 aliphatic heterocycles. The second kappa shape index (κ2) is 6.16. The van der Waals surface area contributed by atoms with Gasteiger partial charge in [0.05, 0.1) is 0 Å². The van der Waals surface area contributed by atoms with Crippen LogP contribution in [0.2, 0.25) is 0 Å². The Morgan fingerprint density at radius 3 is 2.37 bits per heavy atom. The SMILES string of the molecule is CCCNC(C1CCCCC1CC)C1C2CCCC21. The molecule has 1 N–H and O–H groups in total. The minimum absolute atomic E-state index is 0.875. The highest BCUT2D eigenvalue weighted by atomic mass is 15.0. The monoisotopic (exact) mass is 263 g/mol. The van der Waals surface area contributed by atoms with Crippen molar-refractivity contribution in [3.8, 4) is 0 Å². The summed E-state index contributed by atoms with van der Waals surface area (Å²) in [4.78, 5) is 0. The van der Waals surface area contributed by atoms with Gasteiger partial charge in [-0.05, 0) is 61.8 Å². The van der Waals surface area contributed by atoms with Crippen LogP contribution in [0, 0.1) is 29.6 Å². The molecule has 1 heteroatoms. The summed E-state index contributed by atoms with van der Waals surface area (Å²) in [6, 6.07) is 0.875. The molecule has 3 rings (SSSR count). The fourth-order valence-electron chi connectivity index (χ4n) is 5.51. The van der Waals surface area contributed by atoms with E-state index in [2.05, 4.69) is 19.2 Å². The van der Waals surface area contributed by atoms with E-state index in [9.17, 15) is 0 Å². The van der Waals surface area contributed by atoms with Crippen molar-refractivity contribution >= 4 is 0 Å². The number of nitrogens with one attached hydrogen (secondary N) is 1. The van der Waals surface area contributed by atoms with Crippen LogP contribution in [0.1, 0.15) is 71.6 Å². The van der Waals surface area contributed by atoms with Gasteiger partial charge in [0.25, 0.3) is 0 Å². The largest absolute Gasteiger partial charge is 0.313 e. The van der Waals surface area contributed by atoms with E-state index in [-0.39, 0.29) is 0 Å². The summed E-state index contributed by atoms with van der Waals surface area (Å²) in [6.45, 7) is 5.98. The smallest absolute Gasteiger partial charge is 0.0132 e. The van der Waals surface area contributed by atoms with Gasteiger partial charge in [-0.1, -0.05) is 46.0 Å². The molecule has 0 spiro atoms. The Morgan fingerprint density at radius 2 is 1.68 bits per heavy atom. The van der Waals surface area contributed by atoms with E-state index in [0.717, 1.165) is 35.6 Å². The van der Waals surface area contributed by atoms with Gasteiger partial charge in [0.1, 0.15) is 0 Å². The molecule has 0 bridgehead atoms. The van der Waals surface area contributed by atoms with E-state index in [1.807, 2.05) is 0 Å². The summed E-state index contributed by atoms with van der Waals surface area (Å²) in [7, 11) is 0. The zero-order valence-electron chi connectivity index (χ0n) is 13.0. The highest BCUT2D eigenvalue weighted by Crippen LogP contribution is 2.61. The quantitative estimate of drug-likeness (QED) is 0.737. The standard InChI is InChI=1S/C18H33N/c1-3-12-19-18(17-15-10-7-11-16(15)17)14-9-6-5-8-13(14)4-2/h13-19H,3-12H2,1-2H3. The molecule has 5 unspecified atom stereocenters. The molecule has 110 valence electrons. The van der Waals surface area contributed by atoms with Crippen LogP contribution in [0.25, 0.3) is 0 Å². The summed E-state index contributed by atoms with van der Waals surface area (Å²) >= 11 is 0. The maximum Gasteiger partial charge on any atom is 0.0132 e. The van der Waals surface area contributed by atoms with E-state index in [4.69, 9.17) is 0 Å². The molecule has 3 saturated carbocycles. The second-order valence-corrected chi connectivity index (χ2v) is 7.43. The minimum atomic E-state index is 0.875. The van der Waals surface area contributed by atoms with Crippen molar-refractivity contribution in [1.82, 2.24) is 5.32 Å². The van der Waals surface area contributed by atoms with Crippen molar-refractivity contribution < 1.29 is 0 Å². The van der Waals surface area contributed by atoms with E-state index in [1.54, 1.807) is 12.8 Å². The normalized spacial score (nSPS) is 42.9. The van der Waals surface area contributed by atoms with E-state index in [0.29, 0.717) is 0 Å². The van der Waals surface area contributed by atoms with E-state index >= 15 is 0 Å². The fraction of sp³-hybridized carbons (Fsp3) is 1.00. The van der Waals surface area contributed by atoms with Crippen molar-refractivity contribution in [3.63, 3.8) is 0 Å². The summed E-state index contributed by atoms with van der Waals surface area (Å²) in [5, 5.41) is 3.99.